The fourth-order valence-corrected chi connectivity index (χ4v) is 2.35. The molecule has 0 unspecified atom stereocenters. The molecule has 0 radical (unpaired) electrons. The third kappa shape index (κ3) is 3.40. The molecule has 0 saturated carbocycles. The quantitative estimate of drug-likeness (QED) is 0.885. The summed E-state index contributed by atoms with van der Waals surface area (Å²) in [6.45, 7) is 11.3. The van der Waals surface area contributed by atoms with Crippen LogP contribution in [0, 0.1) is 20.8 Å². The maximum atomic E-state index is 4.72. The van der Waals surface area contributed by atoms with E-state index in [0.717, 1.165) is 60.2 Å². The highest BCUT2D eigenvalue weighted by molar-refractivity contribution is 5.52. The number of nitrogens with zero attached hydrogens (tertiary/aromatic N) is 4. The highest BCUT2D eigenvalue weighted by Crippen LogP contribution is 2.21. The Morgan fingerprint density at radius 2 is 1.86 bits per heavy atom. The van der Waals surface area contributed by atoms with Gasteiger partial charge in [0.25, 0.3) is 0 Å². The molecule has 0 aromatic carbocycles. The van der Waals surface area contributed by atoms with Gasteiger partial charge in [0.2, 0.25) is 0 Å². The van der Waals surface area contributed by atoms with Crippen molar-refractivity contribution < 1.29 is 0 Å². The van der Waals surface area contributed by atoms with Gasteiger partial charge < -0.3 is 5.32 Å². The van der Waals surface area contributed by atoms with Crippen molar-refractivity contribution in [3.05, 3.63) is 28.8 Å². The van der Waals surface area contributed by atoms with Crippen molar-refractivity contribution in [1.29, 1.82) is 0 Å². The van der Waals surface area contributed by atoms with Gasteiger partial charge in [-0.25, -0.2) is 14.6 Å². The summed E-state index contributed by atoms with van der Waals surface area (Å²) in [7, 11) is 0. The Kier molecular flexibility index (Phi) is 4.94. The lowest BCUT2D eigenvalue weighted by Crippen LogP contribution is -2.13. The van der Waals surface area contributed by atoms with Crippen LogP contribution in [-0.2, 0) is 6.42 Å². The summed E-state index contributed by atoms with van der Waals surface area (Å²) in [5.41, 5.74) is 3.15. The minimum absolute atomic E-state index is 0.879. The lowest BCUT2D eigenvalue weighted by molar-refractivity contribution is 0.757. The summed E-state index contributed by atoms with van der Waals surface area (Å²) in [6, 6.07) is 2.07. The predicted molar refractivity (Wildman–Crippen MR) is 86.1 cm³/mol. The third-order valence-corrected chi connectivity index (χ3v) is 3.39. The molecule has 0 bridgehead atoms. The minimum Gasteiger partial charge on any atom is -0.370 e. The number of rotatable bonds is 6. The summed E-state index contributed by atoms with van der Waals surface area (Å²) in [6.07, 6.45) is 2.99. The van der Waals surface area contributed by atoms with E-state index in [1.54, 1.807) is 0 Å². The van der Waals surface area contributed by atoms with E-state index in [0.29, 0.717) is 0 Å². The van der Waals surface area contributed by atoms with E-state index in [9.17, 15) is 0 Å². The Hall–Kier alpha value is -1.91. The van der Waals surface area contributed by atoms with Crippen LogP contribution in [0.25, 0.3) is 5.82 Å². The average Bonchev–Trinajstić information content (AvgIpc) is 2.78. The van der Waals surface area contributed by atoms with E-state index in [2.05, 4.69) is 49.2 Å². The van der Waals surface area contributed by atoms with Crippen LogP contribution in [0.3, 0.4) is 0 Å². The van der Waals surface area contributed by atoms with E-state index in [4.69, 9.17) is 4.98 Å². The SMILES string of the molecule is CCCNc1nc(CCC)nc(-n2nc(C)cc2C)c1C. The van der Waals surface area contributed by atoms with Crippen LogP contribution in [0.1, 0.15) is 49.5 Å². The molecule has 0 atom stereocenters. The topological polar surface area (TPSA) is 55.6 Å². The van der Waals surface area contributed by atoms with Crippen molar-refractivity contribution in [2.45, 2.75) is 53.9 Å². The Morgan fingerprint density at radius 1 is 1.10 bits per heavy atom. The molecular weight excluding hydrogens is 262 g/mol. The molecule has 2 aromatic heterocycles. The molecule has 0 saturated heterocycles. The van der Waals surface area contributed by atoms with Crippen molar-refractivity contribution in [2.75, 3.05) is 11.9 Å². The summed E-state index contributed by atoms with van der Waals surface area (Å²) >= 11 is 0. The molecule has 114 valence electrons. The Labute approximate surface area is 126 Å². The van der Waals surface area contributed by atoms with E-state index >= 15 is 0 Å². The number of nitrogens with one attached hydrogen (secondary N) is 1. The molecule has 0 aliphatic carbocycles. The maximum absolute atomic E-state index is 4.72. The fraction of sp³-hybridized carbons (Fsp3) is 0.562. The molecule has 0 fully saturated rings. The van der Waals surface area contributed by atoms with E-state index in [-0.39, 0.29) is 0 Å². The highest BCUT2D eigenvalue weighted by Gasteiger charge is 2.14. The van der Waals surface area contributed by atoms with Crippen molar-refractivity contribution in [2.24, 2.45) is 0 Å². The van der Waals surface area contributed by atoms with Crippen LogP contribution in [0.5, 0.6) is 0 Å². The Bertz CT molecular complexity index is 615. The first-order chi connectivity index (χ1) is 10.1. The minimum atomic E-state index is 0.879. The van der Waals surface area contributed by atoms with Crippen molar-refractivity contribution in [1.82, 2.24) is 19.7 Å². The molecule has 0 spiro atoms. The number of hydrogen-bond acceptors (Lipinski definition) is 4. The molecule has 1 N–H and O–H groups in total. The van der Waals surface area contributed by atoms with Gasteiger partial charge in [0.1, 0.15) is 11.6 Å². The molecule has 21 heavy (non-hydrogen) atoms. The first kappa shape index (κ1) is 15.5. The van der Waals surface area contributed by atoms with Gasteiger partial charge in [-0.1, -0.05) is 13.8 Å². The first-order valence-corrected chi connectivity index (χ1v) is 7.71. The van der Waals surface area contributed by atoms with Gasteiger partial charge in [0.05, 0.1) is 5.69 Å². The second kappa shape index (κ2) is 6.70. The molecule has 5 nitrogen and oxygen atoms in total. The zero-order valence-electron chi connectivity index (χ0n) is 13.7. The summed E-state index contributed by atoms with van der Waals surface area (Å²) in [5, 5.41) is 7.97. The smallest absolute Gasteiger partial charge is 0.162 e. The van der Waals surface area contributed by atoms with Gasteiger partial charge in [0, 0.05) is 24.2 Å². The largest absolute Gasteiger partial charge is 0.370 e. The van der Waals surface area contributed by atoms with Crippen molar-refractivity contribution in [3.63, 3.8) is 0 Å². The molecule has 2 rings (SSSR count). The van der Waals surface area contributed by atoms with E-state index in [1.807, 2.05) is 11.6 Å². The first-order valence-electron chi connectivity index (χ1n) is 7.71. The van der Waals surface area contributed by atoms with Gasteiger partial charge in [-0.3, -0.25) is 0 Å². The lowest BCUT2D eigenvalue weighted by Gasteiger charge is -2.14. The predicted octanol–water partition coefficient (Wildman–Crippen LogP) is 3.36. The maximum Gasteiger partial charge on any atom is 0.162 e. The molecule has 0 aliphatic heterocycles. The fourth-order valence-electron chi connectivity index (χ4n) is 2.35. The van der Waals surface area contributed by atoms with Crippen LogP contribution in [-0.4, -0.2) is 26.3 Å². The number of hydrogen-bond donors (Lipinski definition) is 1. The average molecular weight is 287 g/mol. The van der Waals surface area contributed by atoms with E-state index in [1.165, 1.54) is 0 Å². The number of aromatic nitrogens is 4. The summed E-state index contributed by atoms with van der Waals surface area (Å²) in [5.74, 6) is 2.69. The monoisotopic (exact) mass is 287 g/mol. The Morgan fingerprint density at radius 3 is 2.43 bits per heavy atom. The number of anilines is 1. The summed E-state index contributed by atoms with van der Waals surface area (Å²) in [4.78, 5) is 9.38. The zero-order valence-corrected chi connectivity index (χ0v) is 13.7. The lowest BCUT2D eigenvalue weighted by atomic mass is 10.2. The third-order valence-electron chi connectivity index (χ3n) is 3.39. The van der Waals surface area contributed by atoms with E-state index < -0.39 is 0 Å². The molecule has 0 amide bonds. The number of aryl methyl sites for hydroxylation is 3. The van der Waals surface area contributed by atoms with Gasteiger partial charge in [-0.15, -0.1) is 0 Å². The standard InChI is InChI=1S/C16H25N5/c1-6-8-14-18-15(17-9-7-2)13(5)16(19-14)21-12(4)10-11(3)20-21/h10H,6-9H2,1-5H3,(H,17,18,19). The molecule has 0 aliphatic rings. The van der Waals surface area contributed by atoms with Gasteiger partial charge in [-0.2, -0.15) is 5.10 Å². The van der Waals surface area contributed by atoms with Gasteiger partial charge in [0.15, 0.2) is 5.82 Å². The summed E-state index contributed by atoms with van der Waals surface area (Å²) < 4.78 is 1.92. The van der Waals surface area contributed by atoms with Crippen molar-refractivity contribution >= 4 is 5.82 Å². The highest BCUT2D eigenvalue weighted by atomic mass is 15.3. The molecule has 2 heterocycles. The zero-order chi connectivity index (χ0) is 15.4. The van der Waals surface area contributed by atoms with Crippen LogP contribution in [0.2, 0.25) is 0 Å². The normalized spacial score (nSPS) is 10.9. The van der Waals surface area contributed by atoms with Gasteiger partial charge >= 0.3 is 0 Å². The van der Waals surface area contributed by atoms with Gasteiger partial charge in [-0.05, 0) is 39.7 Å². The second-order valence-corrected chi connectivity index (χ2v) is 5.45. The second-order valence-electron chi connectivity index (χ2n) is 5.45. The van der Waals surface area contributed by atoms with Crippen LogP contribution in [0.15, 0.2) is 6.07 Å². The van der Waals surface area contributed by atoms with Crippen molar-refractivity contribution in [3.8, 4) is 5.82 Å². The van der Waals surface area contributed by atoms with Crippen LogP contribution < -0.4 is 5.32 Å². The van der Waals surface area contributed by atoms with Crippen LogP contribution >= 0.6 is 0 Å². The van der Waals surface area contributed by atoms with Crippen LogP contribution in [0.4, 0.5) is 5.82 Å². The molecule has 5 heteroatoms. The Balaban J connectivity index is 2.52. The molecule has 2 aromatic rings. The molecular formula is C16H25N5.